The highest BCUT2D eigenvalue weighted by Crippen LogP contribution is 2.43. The van der Waals surface area contributed by atoms with Crippen LogP contribution in [-0.2, 0) is 9.78 Å². The van der Waals surface area contributed by atoms with Gasteiger partial charge in [0.2, 0.25) is 5.79 Å². The van der Waals surface area contributed by atoms with Gasteiger partial charge in [0.05, 0.1) is 0 Å². The minimum Gasteiger partial charge on any atom is -0.360 e. The van der Waals surface area contributed by atoms with Crippen molar-refractivity contribution < 1.29 is 14.9 Å². The Labute approximate surface area is 84.6 Å². The Hall–Kier alpha value is -0.380. The first kappa shape index (κ1) is 10.1. The number of allylic oxidation sites excluding steroid dienone is 1. The van der Waals surface area contributed by atoms with Crippen LogP contribution in [0.25, 0.3) is 0 Å². The first-order valence-corrected chi connectivity index (χ1v) is 5.35. The standard InChI is InChI=1S/C11H18O3/c1-10(2)9-7-5-3-4-6-8-11(9,12)14-13-10/h7,12H,3-6,8H2,1-2H3/b9-7-. The summed E-state index contributed by atoms with van der Waals surface area (Å²) < 4.78 is 0. The van der Waals surface area contributed by atoms with E-state index in [1.807, 2.05) is 13.8 Å². The van der Waals surface area contributed by atoms with Crippen LogP contribution in [0.3, 0.4) is 0 Å². The summed E-state index contributed by atoms with van der Waals surface area (Å²) in [5.41, 5.74) is 0.413. The van der Waals surface area contributed by atoms with Gasteiger partial charge in [-0.15, -0.1) is 0 Å². The molecule has 0 bridgehead atoms. The molecule has 80 valence electrons. The van der Waals surface area contributed by atoms with Crippen molar-refractivity contribution in [2.45, 2.75) is 57.3 Å². The fourth-order valence-electron chi connectivity index (χ4n) is 2.25. The Bertz CT molecular complexity index is 257. The molecule has 1 N–H and O–H groups in total. The fraction of sp³-hybridized carbons (Fsp3) is 0.818. The molecule has 0 aromatic heterocycles. The Kier molecular flexibility index (Phi) is 2.41. The van der Waals surface area contributed by atoms with Crippen LogP contribution in [0, 0.1) is 0 Å². The molecule has 1 aliphatic heterocycles. The van der Waals surface area contributed by atoms with E-state index in [-0.39, 0.29) is 0 Å². The van der Waals surface area contributed by atoms with Crippen molar-refractivity contribution in [2.24, 2.45) is 0 Å². The van der Waals surface area contributed by atoms with E-state index < -0.39 is 11.4 Å². The molecule has 1 aliphatic carbocycles. The Balaban J connectivity index is 2.31. The molecular formula is C11H18O3. The molecule has 2 aliphatic rings. The van der Waals surface area contributed by atoms with Gasteiger partial charge in [-0.1, -0.05) is 12.5 Å². The van der Waals surface area contributed by atoms with Gasteiger partial charge in [0.1, 0.15) is 5.60 Å². The van der Waals surface area contributed by atoms with E-state index >= 15 is 0 Å². The second-order valence-electron chi connectivity index (χ2n) is 4.68. The summed E-state index contributed by atoms with van der Waals surface area (Å²) in [6.45, 7) is 3.86. The SMILES string of the molecule is CC1(C)OOC2(O)CCCCC/C=C/12. The normalized spacial score (nSPS) is 40.6. The first-order valence-electron chi connectivity index (χ1n) is 5.35. The maximum Gasteiger partial charge on any atom is 0.224 e. The molecule has 1 fully saturated rings. The summed E-state index contributed by atoms with van der Waals surface area (Å²) in [5.74, 6) is -1.16. The summed E-state index contributed by atoms with van der Waals surface area (Å²) in [4.78, 5) is 10.3. The predicted molar refractivity (Wildman–Crippen MR) is 52.4 cm³/mol. The van der Waals surface area contributed by atoms with Crippen molar-refractivity contribution >= 4 is 0 Å². The molecule has 0 aromatic carbocycles. The first-order chi connectivity index (χ1) is 6.55. The molecular weight excluding hydrogens is 180 g/mol. The molecule has 2 rings (SSSR count). The third kappa shape index (κ3) is 1.60. The van der Waals surface area contributed by atoms with E-state index in [9.17, 15) is 5.11 Å². The highest BCUT2D eigenvalue weighted by atomic mass is 17.2. The summed E-state index contributed by atoms with van der Waals surface area (Å²) in [6, 6.07) is 0. The van der Waals surface area contributed by atoms with E-state index in [0.29, 0.717) is 6.42 Å². The van der Waals surface area contributed by atoms with Crippen molar-refractivity contribution in [3.63, 3.8) is 0 Å². The summed E-state index contributed by atoms with van der Waals surface area (Å²) in [6.07, 6.45) is 7.06. The number of aliphatic hydroxyl groups is 1. The lowest BCUT2D eigenvalue weighted by molar-refractivity contribution is -0.389. The Morgan fingerprint density at radius 3 is 2.79 bits per heavy atom. The summed E-state index contributed by atoms with van der Waals surface area (Å²) in [7, 11) is 0. The fourth-order valence-corrected chi connectivity index (χ4v) is 2.25. The van der Waals surface area contributed by atoms with Crippen molar-refractivity contribution in [3.8, 4) is 0 Å². The zero-order valence-corrected chi connectivity index (χ0v) is 8.88. The van der Waals surface area contributed by atoms with Crippen LogP contribution in [-0.4, -0.2) is 16.5 Å². The van der Waals surface area contributed by atoms with E-state index in [4.69, 9.17) is 9.78 Å². The lowest BCUT2D eigenvalue weighted by atomic mass is 9.85. The molecule has 3 nitrogen and oxygen atoms in total. The zero-order chi connectivity index (χ0) is 10.2. The molecule has 0 radical (unpaired) electrons. The van der Waals surface area contributed by atoms with E-state index in [1.165, 1.54) is 6.42 Å². The van der Waals surface area contributed by atoms with Gasteiger partial charge >= 0.3 is 0 Å². The molecule has 14 heavy (non-hydrogen) atoms. The van der Waals surface area contributed by atoms with Gasteiger partial charge in [-0.25, -0.2) is 4.89 Å². The summed E-state index contributed by atoms with van der Waals surface area (Å²) in [5, 5.41) is 10.2. The van der Waals surface area contributed by atoms with Crippen LogP contribution in [0.1, 0.15) is 46.0 Å². The van der Waals surface area contributed by atoms with Crippen LogP contribution in [0.2, 0.25) is 0 Å². The van der Waals surface area contributed by atoms with Gasteiger partial charge in [-0.05, 0) is 33.1 Å². The maximum absolute atomic E-state index is 10.2. The minimum absolute atomic E-state index is 0.480. The molecule has 1 unspecified atom stereocenters. The van der Waals surface area contributed by atoms with Crippen LogP contribution >= 0.6 is 0 Å². The average Bonchev–Trinajstić information content (AvgIpc) is 2.28. The third-order valence-corrected chi connectivity index (χ3v) is 3.03. The van der Waals surface area contributed by atoms with Gasteiger partial charge in [-0.2, -0.15) is 4.89 Å². The molecule has 3 heteroatoms. The van der Waals surface area contributed by atoms with Gasteiger partial charge in [0.25, 0.3) is 0 Å². The van der Waals surface area contributed by atoms with Crippen LogP contribution in [0.15, 0.2) is 11.6 Å². The zero-order valence-electron chi connectivity index (χ0n) is 8.88. The van der Waals surface area contributed by atoms with Crippen molar-refractivity contribution in [1.82, 2.24) is 0 Å². The van der Waals surface area contributed by atoms with Gasteiger partial charge in [0.15, 0.2) is 0 Å². The molecule has 0 saturated carbocycles. The van der Waals surface area contributed by atoms with E-state index in [1.54, 1.807) is 0 Å². The maximum atomic E-state index is 10.2. The number of hydrogen-bond donors (Lipinski definition) is 1. The Morgan fingerprint density at radius 1 is 1.21 bits per heavy atom. The summed E-state index contributed by atoms with van der Waals surface area (Å²) >= 11 is 0. The largest absolute Gasteiger partial charge is 0.360 e. The highest BCUT2D eigenvalue weighted by molar-refractivity contribution is 5.25. The lowest BCUT2D eigenvalue weighted by Gasteiger charge is -2.25. The van der Waals surface area contributed by atoms with Gasteiger partial charge in [0, 0.05) is 12.0 Å². The lowest BCUT2D eigenvalue weighted by Crippen LogP contribution is -2.33. The minimum atomic E-state index is -1.16. The smallest absolute Gasteiger partial charge is 0.224 e. The molecule has 0 amide bonds. The highest BCUT2D eigenvalue weighted by Gasteiger charge is 2.50. The van der Waals surface area contributed by atoms with Gasteiger partial charge in [-0.3, -0.25) is 0 Å². The number of rotatable bonds is 0. The quantitative estimate of drug-likeness (QED) is 0.479. The van der Waals surface area contributed by atoms with E-state index in [2.05, 4.69) is 6.08 Å². The monoisotopic (exact) mass is 198 g/mol. The predicted octanol–water partition coefficient (Wildman–Crippen LogP) is 2.31. The average molecular weight is 198 g/mol. The third-order valence-electron chi connectivity index (χ3n) is 3.03. The second-order valence-corrected chi connectivity index (χ2v) is 4.68. The molecule has 0 spiro atoms. The second kappa shape index (κ2) is 3.33. The Morgan fingerprint density at radius 2 is 2.00 bits per heavy atom. The topological polar surface area (TPSA) is 38.7 Å². The van der Waals surface area contributed by atoms with Crippen molar-refractivity contribution in [2.75, 3.05) is 0 Å². The molecule has 1 saturated heterocycles. The van der Waals surface area contributed by atoms with Crippen LogP contribution < -0.4 is 0 Å². The van der Waals surface area contributed by atoms with E-state index in [0.717, 1.165) is 24.8 Å². The molecule has 1 atom stereocenters. The van der Waals surface area contributed by atoms with Gasteiger partial charge < -0.3 is 5.11 Å². The molecule has 1 heterocycles. The van der Waals surface area contributed by atoms with Crippen LogP contribution in [0.4, 0.5) is 0 Å². The number of fused-ring (bicyclic) bond motifs is 1. The van der Waals surface area contributed by atoms with Crippen LogP contribution in [0.5, 0.6) is 0 Å². The van der Waals surface area contributed by atoms with Crippen molar-refractivity contribution in [3.05, 3.63) is 11.6 Å². The molecule has 0 aromatic rings. The number of hydrogen-bond acceptors (Lipinski definition) is 3. The van der Waals surface area contributed by atoms with Crippen molar-refractivity contribution in [1.29, 1.82) is 0 Å².